The fourth-order valence-electron chi connectivity index (χ4n) is 2.99. The van der Waals surface area contributed by atoms with E-state index in [1.165, 1.54) is 0 Å². The van der Waals surface area contributed by atoms with Gasteiger partial charge < -0.3 is 34.6 Å². The molecule has 29 heavy (non-hydrogen) atoms. The first-order valence-corrected chi connectivity index (χ1v) is 9.21. The molecule has 0 saturated carbocycles. The van der Waals surface area contributed by atoms with Crippen LogP contribution in [0.1, 0.15) is 15.9 Å². The highest BCUT2D eigenvalue weighted by molar-refractivity contribution is 5.97. The van der Waals surface area contributed by atoms with Gasteiger partial charge in [0.25, 0.3) is 0 Å². The van der Waals surface area contributed by atoms with Crippen molar-refractivity contribution < 1.29 is 39.4 Å². The highest BCUT2D eigenvalue weighted by Crippen LogP contribution is 2.22. The van der Waals surface area contributed by atoms with Crippen molar-refractivity contribution in [3.05, 3.63) is 65.7 Å². The van der Waals surface area contributed by atoms with Gasteiger partial charge in [0.15, 0.2) is 12.1 Å². The molecule has 0 bridgehead atoms. The first kappa shape index (κ1) is 21.4. The summed E-state index contributed by atoms with van der Waals surface area (Å²) < 4.78 is 15.9. The third-order valence-electron chi connectivity index (χ3n) is 4.67. The van der Waals surface area contributed by atoms with Gasteiger partial charge >= 0.3 is 0 Å². The van der Waals surface area contributed by atoms with Crippen molar-refractivity contribution in [1.29, 1.82) is 0 Å². The Bertz CT molecular complexity index is 779. The molecule has 1 saturated heterocycles. The Morgan fingerprint density at radius 3 is 2.31 bits per heavy atom. The Kier molecular flexibility index (Phi) is 7.32. The van der Waals surface area contributed by atoms with Crippen LogP contribution in [-0.2, 0) is 16.1 Å². The molecule has 1 aliphatic rings. The zero-order valence-corrected chi connectivity index (χ0v) is 15.6. The number of ether oxygens (including phenoxy) is 3. The first-order valence-electron chi connectivity index (χ1n) is 9.21. The van der Waals surface area contributed by atoms with E-state index in [-0.39, 0.29) is 5.78 Å². The minimum Gasteiger partial charge on any atom is -0.489 e. The number of aliphatic hydroxyl groups excluding tert-OH is 4. The maximum Gasteiger partial charge on any atom is 0.188 e. The lowest BCUT2D eigenvalue weighted by molar-refractivity contribution is -0.294. The van der Waals surface area contributed by atoms with E-state index in [0.29, 0.717) is 17.9 Å². The minimum atomic E-state index is -1.58. The number of aliphatic hydroxyl groups is 4. The summed E-state index contributed by atoms with van der Waals surface area (Å²) in [5.41, 5.74) is 1.39. The molecule has 0 spiro atoms. The molecule has 0 radical (unpaired) electrons. The third-order valence-corrected chi connectivity index (χ3v) is 4.67. The first-order chi connectivity index (χ1) is 14.0. The average molecular weight is 404 g/mol. The van der Waals surface area contributed by atoms with Crippen LogP contribution in [-0.4, -0.2) is 70.1 Å². The van der Waals surface area contributed by atoms with Gasteiger partial charge in [-0.15, -0.1) is 0 Å². The summed E-state index contributed by atoms with van der Waals surface area (Å²) in [6, 6.07) is 16.2. The van der Waals surface area contributed by atoms with Gasteiger partial charge in [0.1, 0.15) is 43.4 Å². The standard InChI is InChI=1S/C21H24O8/c22-10-17-18(24)19(25)20(21(26)29-17)28-12-16(23)14-6-8-15(9-7-14)27-11-13-4-2-1-3-5-13/h1-9,17-22,24-26H,10-12H2/t17-,18-,19+,20-,21+/m1/s1. The van der Waals surface area contributed by atoms with Crippen LogP contribution in [0.2, 0.25) is 0 Å². The summed E-state index contributed by atoms with van der Waals surface area (Å²) in [6.45, 7) is -0.589. The number of Topliss-reactive ketones (excluding diaryl/α,β-unsaturated/α-hetero) is 1. The van der Waals surface area contributed by atoms with Crippen molar-refractivity contribution in [3.63, 3.8) is 0 Å². The zero-order chi connectivity index (χ0) is 20.8. The summed E-state index contributed by atoms with van der Waals surface area (Å²) >= 11 is 0. The lowest BCUT2D eigenvalue weighted by Gasteiger charge is -2.39. The topological polar surface area (TPSA) is 126 Å². The molecule has 1 aliphatic heterocycles. The van der Waals surface area contributed by atoms with Crippen LogP contribution < -0.4 is 4.74 Å². The van der Waals surface area contributed by atoms with E-state index in [2.05, 4.69) is 0 Å². The van der Waals surface area contributed by atoms with Crippen molar-refractivity contribution >= 4 is 5.78 Å². The molecule has 4 N–H and O–H groups in total. The van der Waals surface area contributed by atoms with E-state index < -0.39 is 43.9 Å². The van der Waals surface area contributed by atoms with Crippen LogP contribution in [0.25, 0.3) is 0 Å². The van der Waals surface area contributed by atoms with Gasteiger partial charge in [-0.05, 0) is 29.8 Å². The van der Waals surface area contributed by atoms with Crippen LogP contribution in [0.15, 0.2) is 54.6 Å². The molecule has 8 heteroatoms. The monoisotopic (exact) mass is 404 g/mol. The fourth-order valence-corrected chi connectivity index (χ4v) is 2.99. The van der Waals surface area contributed by atoms with Gasteiger partial charge in [0, 0.05) is 5.56 Å². The van der Waals surface area contributed by atoms with E-state index in [1.54, 1.807) is 24.3 Å². The van der Waals surface area contributed by atoms with Crippen LogP contribution in [0.4, 0.5) is 0 Å². The molecule has 0 unspecified atom stereocenters. The number of carbonyl (C=O) groups is 1. The van der Waals surface area contributed by atoms with Crippen LogP contribution in [0, 0.1) is 0 Å². The van der Waals surface area contributed by atoms with Gasteiger partial charge in [0.2, 0.25) is 0 Å². The normalized spacial score (nSPS) is 26.8. The number of ketones is 1. The largest absolute Gasteiger partial charge is 0.489 e. The Balaban J connectivity index is 1.51. The average Bonchev–Trinajstić information content (AvgIpc) is 2.75. The van der Waals surface area contributed by atoms with Crippen molar-refractivity contribution in [2.45, 2.75) is 37.3 Å². The molecule has 156 valence electrons. The molecule has 1 heterocycles. The second-order valence-corrected chi connectivity index (χ2v) is 6.73. The predicted molar refractivity (Wildman–Crippen MR) is 101 cm³/mol. The smallest absolute Gasteiger partial charge is 0.188 e. The zero-order valence-electron chi connectivity index (χ0n) is 15.6. The van der Waals surface area contributed by atoms with Gasteiger partial charge in [0.05, 0.1) is 6.61 Å². The number of benzene rings is 2. The second-order valence-electron chi connectivity index (χ2n) is 6.73. The summed E-state index contributed by atoms with van der Waals surface area (Å²) in [7, 11) is 0. The fraction of sp³-hybridized carbons (Fsp3) is 0.381. The Hall–Kier alpha value is -2.33. The van der Waals surface area contributed by atoms with Gasteiger partial charge in [-0.2, -0.15) is 0 Å². The summed E-state index contributed by atoms with van der Waals surface area (Å²) in [6.07, 6.45) is -6.96. The van der Waals surface area contributed by atoms with Gasteiger partial charge in [-0.25, -0.2) is 0 Å². The Morgan fingerprint density at radius 2 is 1.66 bits per heavy atom. The van der Waals surface area contributed by atoms with Crippen molar-refractivity contribution in [2.75, 3.05) is 13.2 Å². The maximum absolute atomic E-state index is 12.3. The molecule has 5 atom stereocenters. The molecule has 8 nitrogen and oxygen atoms in total. The molecule has 3 rings (SSSR count). The van der Waals surface area contributed by atoms with Crippen LogP contribution >= 0.6 is 0 Å². The number of rotatable bonds is 8. The van der Waals surface area contributed by atoms with E-state index in [1.807, 2.05) is 30.3 Å². The molecule has 0 amide bonds. The maximum atomic E-state index is 12.3. The summed E-state index contributed by atoms with van der Waals surface area (Å²) in [5, 5.41) is 38.8. The van der Waals surface area contributed by atoms with Crippen molar-refractivity contribution in [1.82, 2.24) is 0 Å². The molecule has 2 aromatic rings. The van der Waals surface area contributed by atoms with E-state index in [0.717, 1.165) is 5.56 Å². The summed E-state index contributed by atoms with van der Waals surface area (Å²) in [4.78, 5) is 12.3. The predicted octanol–water partition coefficient (Wildman–Crippen LogP) is 0.265. The lowest BCUT2D eigenvalue weighted by Crippen LogP contribution is -2.59. The Labute approximate surface area is 167 Å². The number of hydrogen-bond acceptors (Lipinski definition) is 8. The van der Waals surface area contributed by atoms with Crippen LogP contribution in [0.5, 0.6) is 5.75 Å². The highest BCUT2D eigenvalue weighted by atomic mass is 16.7. The number of carbonyl (C=O) groups excluding carboxylic acids is 1. The SMILES string of the molecule is O=C(CO[C@@H]1[C@@H](O)[C@H](O)[C@@H](CO)O[C@@H]1O)c1ccc(OCc2ccccc2)cc1. The number of hydrogen-bond donors (Lipinski definition) is 4. The lowest BCUT2D eigenvalue weighted by atomic mass is 9.99. The molecular weight excluding hydrogens is 380 g/mol. The van der Waals surface area contributed by atoms with Crippen LogP contribution in [0.3, 0.4) is 0 Å². The van der Waals surface area contributed by atoms with Crippen molar-refractivity contribution in [3.8, 4) is 5.75 Å². The Morgan fingerprint density at radius 1 is 0.966 bits per heavy atom. The molecular formula is C21H24O8. The van der Waals surface area contributed by atoms with E-state index in [4.69, 9.17) is 19.3 Å². The third kappa shape index (κ3) is 5.39. The van der Waals surface area contributed by atoms with Gasteiger partial charge in [-0.1, -0.05) is 30.3 Å². The quantitative estimate of drug-likeness (QED) is 0.462. The molecule has 0 aromatic heterocycles. The van der Waals surface area contributed by atoms with Gasteiger partial charge in [-0.3, -0.25) is 4.79 Å². The van der Waals surface area contributed by atoms with Crippen molar-refractivity contribution in [2.24, 2.45) is 0 Å². The highest BCUT2D eigenvalue weighted by Gasteiger charge is 2.44. The van der Waals surface area contributed by atoms with E-state index in [9.17, 15) is 20.1 Å². The summed E-state index contributed by atoms with van der Waals surface area (Å²) in [5.74, 6) is 0.230. The second kappa shape index (κ2) is 9.93. The molecule has 2 aromatic carbocycles. The van der Waals surface area contributed by atoms with E-state index >= 15 is 0 Å². The molecule has 1 fully saturated rings. The molecule has 0 aliphatic carbocycles. The minimum absolute atomic E-state index is 0.367.